The van der Waals surface area contributed by atoms with Gasteiger partial charge in [-0.3, -0.25) is 4.79 Å². The topological polar surface area (TPSA) is 98.6 Å². The van der Waals surface area contributed by atoms with Crippen LogP contribution >= 0.6 is 23.2 Å². The van der Waals surface area contributed by atoms with E-state index in [1.54, 1.807) is 0 Å². The Hall–Kier alpha value is -3.23. The Bertz CT molecular complexity index is 1240. The molecule has 0 atom stereocenters. The van der Waals surface area contributed by atoms with Gasteiger partial charge in [0.15, 0.2) is 0 Å². The maximum absolute atomic E-state index is 12.5. The zero-order valence-corrected chi connectivity index (χ0v) is 18.1. The van der Waals surface area contributed by atoms with Gasteiger partial charge in [0.1, 0.15) is 10.0 Å². The van der Waals surface area contributed by atoms with Gasteiger partial charge in [-0.05, 0) is 28.3 Å². The van der Waals surface area contributed by atoms with Gasteiger partial charge < -0.3 is 4.74 Å². The van der Waals surface area contributed by atoms with Crippen molar-refractivity contribution in [3.63, 3.8) is 0 Å². The molecule has 2 aromatic carbocycles. The van der Waals surface area contributed by atoms with Crippen molar-refractivity contribution in [3.05, 3.63) is 74.5 Å². The molecule has 31 heavy (non-hydrogen) atoms. The summed E-state index contributed by atoms with van der Waals surface area (Å²) in [6.45, 7) is 2.62. The highest BCUT2D eigenvalue weighted by Crippen LogP contribution is 2.30. The standard InChI is InChI=1S/C21H18Cl2N6O2/c1-2-11-31-20-17(22)18(23)21(30)29(26-20)12-13-7-9-14(10-8-13)15-5-3-4-6-16(15)19-24-27-28-25-19/h3-10H,2,11-12H2,1H3,(H,24,25,27,28). The highest BCUT2D eigenvalue weighted by Gasteiger charge is 2.16. The average Bonchev–Trinajstić information content (AvgIpc) is 3.34. The molecule has 0 unspecified atom stereocenters. The molecule has 1 N–H and O–H groups in total. The minimum atomic E-state index is -0.470. The number of halogens is 2. The number of rotatable bonds is 7. The molecule has 0 aliphatic rings. The summed E-state index contributed by atoms with van der Waals surface area (Å²) >= 11 is 12.2. The van der Waals surface area contributed by atoms with E-state index in [2.05, 4.69) is 25.7 Å². The summed E-state index contributed by atoms with van der Waals surface area (Å²) in [4.78, 5) is 12.5. The Morgan fingerprint density at radius 2 is 1.77 bits per heavy atom. The van der Waals surface area contributed by atoms with Crippen molar-refractivity contribution in [2.45, 2.75) is 19.9 Å². The lowest BCUT2D eigenvalue weighted by atomic mass is 9.98. The smallest absolute Gasteiger partial charge is 0.287 e. The molecule has 0 saturated heterocycles. The summed E-state index contributed by atoms with van der Waals surface area (Å²) in [7, 11) is 0. The summed E-state index contributed by atoms with van der Waals surface area (Å²) in [5.41, 5.74) is 3.21. The average molecular weight is 457 g/mol. The van der Waals surface area contributed by atoms with Gasteiger partial charge >= 0.3 is 0 Å². The molecule has 158 valence electrons. The molecule has 0 radical (unpaired) electrons. The number of hydrogen-bond donors (Lipinski definition) is 1. The Balaban J connectivity index is 1.62. The van der Waals surface area contributed by atoms with Gasteiger partial charge in [0.05, 0.1) is 13.2 Å². The second-order valence-corrected chi connectivity index (χ2v) is 7.48. The van der Waals surface area contributed by atoms with Gasteiger partial charge in [0.2, 0.25) is 5.82 Å². The van der Waals surface area contributed by atoms with E-state index >= 15 is 0 Å². The summed E-state index contributed by atoms with van der Waals surface area (Å²) in [6.07, 6.45) is 0.779. The molecule has 0 amide bonds. The fraction of sp³-hybridized carbons (Fsp3) is 0.190. The van der Waals surface area contributed by atoms with Crippen LogP contribution < -0.4 is 10.3 Å². The molecule has 0 saturated carbocycles. The van der Waals surface area contributed by atoms with E-state index in [-0.39, 0.29) is 22.5 Å². The molecule has 0 aliphatic carbocycles. The third-order valence-corrected chi connectivity index (χ3v) is 5.37. The summed E-state index contributed by atoms with van der Waals surface area (Å²) in [6, 6.07) is 15.6. The number of ether oxygens (including phenoxy) is 1. The molecular formula is C21H18Cl2N6O2. The Morgan fingerprint density at radius 3 is 2.45 bits per heavy atom. The van der Waals surface area contributed by atoms with E-state index in [4.69, 9.17) is 27.9 Å². The van der Waals surface area contributed by atoms with E-state index in [0.717, 1.165) is 28.7 Å². The number of H-pyrrole nitrogens is 1. The van der Waals surface area contributed by atoms with Crippen molar-refractivity contribution in [2.24, 2.45) is 0 Å². The number of nitrogens with one attached hydrogen (secondary N) is 1. The molecule has 4 aromatic rings. The van der Waals surface area contributed by atoms with Crippen LogP contribution in [0.25, 0.3) is 22.5 Å². The predicted octanol–water partition coefficient (Wildman–Crippen LogP) is 4.23. The van der Waals surface area contributed by atoms with E-state index in [0.29, 0.717) is 12.4 Å². The number of benzene rings is 2. The van der Waals surface area contributed by atoms with Crippen molar-refractivity contribution in [1.82, 2.24) is 30.4 Å². The number of hydrogen-bond acceptors (Lipinski definition) is 6. The molecule has 4 rings (SSSR count). The minimum absolute atomic E-state index is 0.0322. The van der Waals surface area contributed by atoms with Crippen LogP contribution in [0.15, 0.2) is 53.3 Å². The highest BCUT2D eigenvalue weighted by atomic mass is 35.5. The second-order valence-electron chi connectivity index (χ2n) is 6.72. The fourth-order valence-electron chi connectivity index (χ4n) is 3.07. The second kappa shape index (κ2) is 9.28. The van der Waals surface area contributed by atoms with Crippen LogP contribution in [-0.4, -0.2) is 37.0 Å². The van der Waals surface area contributed by atoms with Gasteiger partial charge in [-0.1, -0.05) is 78.7 Å². The maximum atomic E-state index is 12.5. The molecule has 2 heterocycles. The van der Waals surface area contributed by atoms with E-state index in [1.165, 1.54) is 4.68 Å². The third-order valence-electron chi connectivity index (χ3n) is 4.57. The quantitative estimate of drug-likeness (QED) is 0.446. The van der Waals surface area contributed by atoms with Gasteiger partial charge in [-0.25, -0.2) is 4.68 Å². The lowest BCUT2D eigenvalue weighted by Gasteiger charge is -2.12. The SMILES string of the molecule is CCCOc1nn(Cc2ccc(-c3ccccc3-c3nn[nH]n3)cc2)c(=O)c(Cl)c1Cl. The first kappa shape index (κ1) is 21.0. The van der Waals surface area contributed by atoms with Crippen molar-refractivity contribution in [3.8, 4) is 28.4 Å². The molecule has 0 aliphatic heterocycles. The zero-order chi connectivity index (χ0) is 21.8. The lowest BCUT2D eigenvalue weighted by molar-refractivity contribution is 0.295. The van der Waals surface area contributed by atoms with Crippen LogP contribution in [0.3, 0.4) is 0 Å². The highest BCUT2D eigenvalue weighted by molar-refractivity contribution is 6.42. The van der Waals surface area contributed by atoms with E-state index < -0.39 is 5.56 Å². The first-order valence-electron chi connectivity index (χ1n) is 9.59. The van der Waals surface area contributed by atoms with Gasteiger partial charge in [0, 0.05) is 5.56 Å². The zero-order valence-electron chi connectivity index (χ0n) is 16.5. The summed E-state index contributed by atoms with van der Waals surface area (Å²) < 4.78 is 6.77. The van der Waals surface area contributed by atoms with Crippen molar-refractivity contribution < 1.29 is 4.74 Å². The van der Waals surface area contributed by atoms with Gasteiger partial charge in [0.25, 0.3) is 11.4 Å². The summed E-state index contributed by atoms with van der Waals surface area (Å²) in [5, 5.41) is 18.4. The molecule has 0 bridgehead atoms. The third kappa shape index (κ3) is 4.45. The van der Waals surface area contributed by atoms with Crippen LogP contribution in [0.5, 0.6) is 5.88 Å². The normalized spacial score (nSPS) is 10.9. The molecular weight excluding hydrogens is 439 g/mol. The molecule has 0 spiro atoms. The largest absolute Gasteiger partial charge is 0.476 e. The van der Waals surface area contributed by atoms with Crippen LogP contribution in [0.1, 0.15) is 18.9 Å². The van der Waals surface area contributed by atoms with Crippen LogP contribution in [0.2, 0.25) is 10.0 Å². The van der Waals surface area contributed by atoms with Crippen molar-refractivity contribution in [2.75, 3.05) is 6.61 Å². The molecule has 10 heteroatoms. The minimum Gasteiger partial charge on any atom is -0.476 e. The Morgan fingerprint density at radius 1 is 1.03 bits per heavy atom. The lowest BCUT2D eigenvalue weighted by Crippen LogP contribution is -2.25. The van der Waals surface area contributed by atoms with Gasteiger partial charge in [-0.15, -0.1) is 15.3 Å². The Kier molecular flexibility index (Phi) is 6.29. The Labute approximate surface area is 187 Å². The van der Waals surface area contributed by atoms with E-state index in [9.17, 15) is 4.79 Å². The first-order chi connectivity index (χ1) is 15.1. The summed E-state index contributed by atoms with van der Waals surface area (Å²) in [5.74, 6) is 0.671. The van der Waals surface area contributed by atoms with Crippen LogP contribution in [0, 0.1) is 0 Å². The molecule has 8 nitrogen and oxygen atoms in total. The monoisotopic (exact) mass is 456 g/mol. The number of nitrogens with zero attached hydrogens (tertiary/aromatic N) is 5. The van der Waals surface area contributed by atoms with Gasteiger partial charge in [-0.2, -0.15) is 5.21 Å². The van der Waals surface area contributed by atoms with Crippen molar-refractivity contribution >= 4 is 23.2 Å². The number of tetrazole rings is 1. The number of aromatic amines is 1. The first-order valence-corrected chi connectivity index (χ1v) is 10.3. The van der Waals surface area contributed by atoms with E-state index in [1.807, 2.05) is 55.5 Å². The fourth-order valence-corrected chi connectivity index (χ4v) is 3.42. The predicted molar refractivity (Wildman–Crippen MR) is 118 cm³/mol. The van der Waals surface area contributed by atoms with Crippen molar-refractivity contribution in [1.29, 1.82) is 0 Å². The maximum Gasteiger partial charge on any atom is 0.287 e. The number of aromatic nitrogens is 6. The van der Waals surface area contributed by atoms with Crippen LogP contribution in [-0.2, 0) is 6.54 Å². The molecule has 2 aromatic heterocycles. The molecule has 0 fully saturated rings. The van der Waals surface area contributed by atoms with Crippen LogP contribution in [0.4, 0.5) is 0 Å².